The van der Waals surface area contributed by atoms with Crippen LogP contribution in [0.5, 0.6) is 0 Å². The fourth-order valence-electron chi connectivity index (χ4n) is 2.43. The van der Waals surface area contributed by atoms with Gasteiger partial charge in [-0.05, 0) is 37.5 Å². The summed E-state index contributed by atoms with van der Waals surface area (Å²) in [4.78, 5) is 4.61. The Kier molecular flexibility index (Phi) is 10.9. The number of nitrogens with zero attached hydrogens (tertiary/aromatic N) is 3. The van der Waals surface area contributed by atoms with Crippen molar-refractivity contribution in [1.82, 2.24) is 20.4 Å². The van der Waals surface area contributed by atoms with Gasteiger partial charge in [0.2, 0.25) is 0 Å². The van der Waals surface area contributed by atoms with E-state index in [2.05, 4.69) is 52.9 Å². The molecule has 2 rings (SSSR count). The number of rotatable bonds is 9. The lowest BCUT2D eigenvalue weighted by Crippen LogP contribution is -2.38. The van der Waals surface area contributed by atoms with Crippen LogP contribution in [0.3, 0.4) is 0 Å². The minimum Gasteiger partial charge on any atom is -0.357 e. The molecule has 5 nitrogen and oxygen atoms in total. The van der Waals surface area contributed by atoms with Crippen molar-refractivity contribution in [2.75, 3.05) is 19.6 Å². The van der Waals surface area contributed by atoms with Gasteiger partial charge in [0.25, 0.3) is 0 Å². The Morgan fingerprint density at radius 2 is 1.92 bits per heavy atom. The number of para-hydroxylation sites is 1. The summed E-state index contributed by atoms with van der Waals surface area (Å²) in [6.45, 7) is 6.91. The van der Waals surface area contributed by atoms with Crippen LogP contribution in [0.1, 0.15) is 38.7 Å². The Bertz CT molecular complexity index is 609. The van der Waals surface area contributed by atoms with E-state index in [4.69, 9.17) is 0 Å². The lowest BCUT2D eigenvalue weighted by atomic mass is 10.2. The largest absolute Gasteiger partial charge is 0.357 e. The monoisotopic (exact) mass is 455 g/mol. The maximum absolute atomic E-state index is 4.61. The standard InChI is InChI=1S/C19H29N5.HI/c1-3-5-9-13-21-19(20-4-2)22-14-12-17-15-23-24(16-17)18-10-7-6-8-11-18;/h6-8,10-11,15-16H,3-5,9,12-14H2,1-2H3,(H2,20,21,22);1H. The summed E-state index contributed by atoms with van der Waals surface area (Å²) < 4.78 is 1.92. The second-order valence-electron chi connectivity index (χ2n) is 5.77. The van der Waals surface area contributed by atoms with Gasteiger partial charge in [-0.2, -0.15) is 5.10 Å². The third kappa shape index (κ3) is 7.90. The molecule has 0 amide bonds. The number of aliphatic imine (C=N–C) groups is 1. The Labute approximate surface area is 168 Å². The van der Waals surface area contributed by atoms with Crippen molar-refractivity contribution in [3.63, 3.8) is 0 Å². The van der Waals surface area contributed by atoms with Gasteiger partial charge in [0.1, 0.15) is 0 Å². The van der Waals surface area contributed by atoms with E-state index >= 15 is 0 Å². The topological polar surface area (TPSA) is 54.2 Å². The predicted octanol–water partition coefficient (Wildman–Crippen LogP) is 3.78. The Morgan fingerprint density at radius 1 is 1.12 bits per heavy atom. The molecule has 1 aromatic heterocycles. The molecule has 2 N–H and O–H groups in total. The zero-order chi connectivity index (χ0) is 17.0. The van der Waals surface area contributed by atoms with Crippen LogP contribution in [-0.4, -0.2) is 35.4 Å². The Balaban J connectivity index is 0.00000312. The van der Waals surface area contributed by atoms with Crippen molar-refractivity contribution < 1.29 is 0 Å². The van der Waals surface area contributed by atoms with Crippen LogP contribution in [-0.2, 0) is 6.42 Å². The van der Waals surface area contributed by atoms with E-state index in [1.165, 1.54) is 18.4 Å². The number of guanidine groups is 1. The lowest BCUT2D eigenvalue weighted by molar-refractivity contribution is 0.716. The summed E-state index contributed by atoms with van der Waals surface area (Å²) in [7, 11) is 0. The molecule has 1 heterocycles. The van der Waals surface area contributed by atoms with Gasteiger partial charge in [0, 0.05) is 25.8 Å². The molecule has 0 spiro atoms. The van der Waals surface area contributed by atoms with Gasteiger partial charge in [-0.1, -0.05) is 38.0 Å². The van der Waals surface area contributed by atoms with Crippen molar-refractivity contribution in [2.45, 2.75) is 39.5 Å². The first-order chi connectivity index (χ1) is 11.8. The van der Waals surface area contributed by atoms with E-state index in [-0.39, 0.29) is 24.0 Å². The molecule has 0 saturated heterocycles. The molecule has 2 aromatic rings. The number of nitrogens with one attached hydrogen (secondary N) is 2. The number of aromatic nitrogens is 2. The molecule has 0 aliphatic heterocycles. The molecule has 0 aliphatic carbocycles. The highest BCUT2D eigenvalue weighted by molar-refractivity contribution is 14.0. The molecular weight excluding hydrogens is 425 g/mol. The summed E-state index contributed by atoms with van der Waals surface area (Å²) in [5, 5.41) is 11.1. The number of benzene rings is 1. The number of unbranched alkanes of at least 4 members (excludes halogenated alkanes) is 2. The SMILES string of the molecule is CCCCCN=C(NCC)NCCc1cnn(-c2ccccc2)c1.I. The van der Waals surface area contributed by atoms with Gasteiger partial charge in [-0.15, -0.1) is 24.0 Å². The van der Waals surface area contributed by atoms with E-state index in [0.29, 0.717) is 0 Å². The molecule has 6 heteroatoms. The molecule has 0 fully saturated rings. The van der Waals surface area contributed by atoms with Crippen molar-refractivity contribution in [3.8, 4) is 5.69 Å². The van der Waals surface area contributed by atoms with Crippen LogP contribution in [0.25, 0.3) is 5.69 Å². The molecule has 0 radical (unpaired) electrons. The van der Waals surface area contributed by atoms with Gasteiger partial charge in [-0.3, -0.25) is 4.99 Å². The van der Waals surface area contributed by atoms with Gasteiger partial charge >= 0.3 is 0 Å². The summed E-state index contributed by atoms with van der Waals surface area (Å²) in [5.74, 6) is 0.907. The van der Waals surface area contributed by atoms with Crippen molar-refractivity contribution in [3.05, 3.63) is 48.3 Å². The summed E-state index contributed by atoms with van der Waals surface area (Å²) >= 11 is 0. The van der Waals surface area contributed by atoms with Crippen LogP contribution in [0, 0.1) is 0 Å². The third-order valence-corrected chi connectivity index (χ3v) is 3.74. The molecule has 0 unspecified atom stereocenters. The molecular formula is C19H30IN5. The Hall–Kier alpha value is -1.57. The normalized spacial score (nSPS) is 11.0. The number of halogens is 1. The zero-order valence-electron chi connectivity index (χ0n) is 15.2. The van der Waals surface area contributed by atoms with Crippen LogP contribution in [0.15, 0.2) is 47.7 Å². The van der Waals surface area contributed by atoms with E-state index < -0.39 is 0 Å². The summed E-state index contributed by atoms with van der Waals surface area (Å²) in [6.07, 6.45) is 8.55. The predicted molar refractivity (Wildman–Crippen MR) is 116 cm³/mol. The zero-order valence-corrected chi connectivity index (χ0v) is 17.6. The maximum atomic E-state index is 4.61. The van der Waals surface area contributed by atoms with Crippen LogP contribution in [0.2, 0.25) is 0 Å². The smallest absolute Gasteiger partial charge is 0.191 e. The average molecular weight is 455 g/mol. The lowest BCUT2D eigenvalue weighted by Gasteiger charge is -2.10. The average Bonchev–Trinajstić information content (AvgIpc) is 3.08. The molecule has 138 valence electrons. The van der Waals surface area contributed by atoms with Crippen LogP contribution in [0.4, 0.5) is 0 Å². The minimum absolute atomic E-state index is 0. The van der Waals surface area contributed by atoms with E-state index in [1.54, 1.807) is 0 Å². The maximum Gasteiger partial charge on any atom is 0.191 e. The highest BCUT2D eigenvalue weighted by Gasteiger charge is 2.02. The van der Waals surface area contributed by atoms with Crippen molar-refractivity contribution >= 4 is 29.9 Å². The number of hydrogen-bond acceptors (Lipinski definition) is 2. The quantitative estimate of drug-likeness (QED) is 0.262. The first-order valence-corrected chi connectivity index (χ1v) is 8.94. The van der Waals surface area contributed by atoms with Gasteiger partial charge in [-0.25, -0.2) is 4.68 Å². The van der Waals surface area contributed by atoms with E-state index in [0.717, 1.165) is 44.1 Å². The van der Waals surface area contributed by atoms with E-state index in [1.807, 2.05) is 29.1 Å². The molecule has 25 heavy (non-hydrogen) atoms. The van der Waals surface area contributed by atoms with Crippen LogP contribution < -0.4 is 10.6 Å². The first kappa shape index (κ1) is 21.5. The molecule has 0 atom stereocenters. The van der Waals surface area contributed by atoms with Crippen LogP contribution >= 0.6 is 24.0 Å². The van der Waals surface area contributed by atoms with Crippen molar-refractivity contribution in [2.24, 2.45) is 4.99 Å². The molecule has 1 aromatic carbocycles. The summed E-state index contributed by atoms with van der Waals surface area (Å²) in [6, 6.07) is 10.2. The molecule has 0 aliphatic rings. The van der Waals surface area contributed by atoms with Gasteiger partial charge in [0.15, 0.2) is 5.96 Å². The first-order valence-electron chi connectivity index (χ1n) is 8.94. The fraction of sp³-hybridized carbons (Fsp3) is 0.474. The molecule has 0 bridgehead atoms. The highest BCUT2D eigenvalue weighted by atomic mass is 127. The minimum atomic E-state index is 0. The van der Waals surface area contributed by atoms with E-state index in [9.17, 15) is 0 Å². The summed E-state index contributed by atoms with van der Waals surface area (Å²) in [5.41, 5.74) is 2.30. The second kappa shape index (κ2) is 12.7. The Morgan fingerprint density at radius 3 is 2.64 bits per heavy atom. The van der Waals surface area contributed by atoms with Gasteiger partial charge in [0.05, 0.1) is 11.9 Å². The number of hydrogen-bond donors (Lipinski definition) is 2. The van der Waals surface area contributed by atoms with Gasteiger partial charge < -0.3 is 10.6 Å². The third-order valence-electron chi connectivity index (χ3n) is 3.74. The van der Waals surface area contributed by atoms with Crippen molar-refractivity contribution in [1.29, 1.82) is 0 Å². The second-order valence-corrected chi connectivity index (χ2v) is 5.77. The molecule has 0 saturated carbocycles. The highest BCUT2D eigenvalue weighted by Crippen LogP contribution is 2.07. The fourth-order valence-corrected chi connectivity index (χ4v) is 2.43.